The van der Waals surface area contributed by atoms with E-state index < -0.39 is 0 Å². The normalized spacial score (nSPS) is 29.1. The Balaban J connectivity index is 1.89. The Hall–Kier alpha value is -0.610. The maximum atomic E-state index is 12.3. The van der Waals surface area contributed by atoms with Crippen LogP contribution in [-0.2, 0) is 4.79 Å². The van der Waals surface area contributed by atoms with E-state index in [4.69, 9.17) is 5.73 Å². The molecule has 2 N–H and O–H groups in total. The predicted octanol–water partition coefficient (Wildman–Crippen LogP) is 0.811. The van der Waals surface area contributed by atoms with Crippen molar-refractivity contribution in [2.75, 3.05) is 26.2 Å². The summed E-state index contributed by atoms with van der Waals surface area (Å²) in [6, 6.07) is 0.264. The van der Waals surface area contributed by atoms with Gasteiger partial charge in [0.15, 0.2) is 0 Å². The second-order valence-corrected chi connectivity index (χ2v) is 5.46. The van der Waals surface area contributed by atoms with E-state index in [1.165, 1.54) is 6.42 Å². The third kappa shape index (κ3) is 3.19. The van der Waals surface area contributed by atoms with E-state index in [-0.39, 0.29) is 12.1 Å². The topological polar surface area (TPSA) is 49.6 Å². The van der Waals surface area contributed by atoms with Crippen molar-refractivity contribution >= 4 is 5.91 Å². The highest BCUT2D eigenvalue weighted by Crippen LogP contribution is 2.16. The number of amides is 1. The molecule has 2 rings (SSSR count). The van der Waals surface area contributed by atoms with E-state index in [0.717, 1.165) is 51.9 Å². The van der Waals surface area contributed by atoms with Crippen molar-refractivity contribution in [1.29, 1.82) is 0 Å². The number of hydrogen-bond acceptors (Lipinski definition) is 3. The lowest BCUT2D eigenvalue weighted by Crippen LogP contribution is -2.53. The van der Waals surface area contributed by atoms with Gasteiger partial charge in [0.2, 0.25) is 5.91 Å². The molecule has 0 aromatic carbocycles. The van der Waals surface area contributed by atoms with E-state index in [2.05, 4.69) is 4.90 Å². The van der Waals surface area contributed by atoms with Crippen LogP contribution in [-0.4, -0.2) is 54.0 Å². The first kappa shape index (κ1) is 12.8. The fourth-order valence-corrected chi connectivity index (χ4v) is 2.93. The third-order valence-electron chi connectivity index (χ3n) is 4.06. The molecule has 0 radical (unpaired) electrons. The number of nitrogens with two attached hydrogens (primary N) is 1. The van der Waals surface area contributed by atoms with Crippen molar-refractivity contribution in [2.45, 2.75) is 51.1 Å². The number of hydrogen-bond donors (Lipinski definition) is 1. The van der Waals surface area contributed by atoms with Crippen molar-refractivity contribution < 1.29 is 4.79 Å². The Morgan fingerprint density at radius 2 is 1.88 bits per heavy atom. The summed E-state index contributed by atoms with van der Waals surface area (Å²) in [5, 5.41) is 0. The SMILES string of the molecule is CC(C(=O)N1CCCCC1)N1CCCC(N)C1. The molecular formula is C13H25N3O. The number of rotatable bonds is 2. The molecule has 2 aliphatic heterocycles. The summed E-state index contributed by atoms with van der Waals surface area (Å²) in [6.07, 6.45) is 5.82. The third-order valence-corrected chi connectivity index (χ3v) is 4.06. The number of carbonyl (C=O) groups excluding carboxylic acids is 1. The molecule has 2 unspecified atom stereocenters. The molecule has 2 atom stereocenters. The first-order valence-electron chi connectivity index (χ1n) is 6.97. The van der Waals surface area contributed by atoms with Gasteiger partial charge in [0.25, 0.3) is 0 Å². The fourth-order valence-electron chi connectivity index (χ4n) is 2.93. The molecule has 0 aromatic rings. The van der Waals surface area contributed by atoms with Crippen molar-refractivity contribution in [1.82, 2.24) is 9.80 Å². The minimum Gasteiger partial charge on any atom is -0.341 e. The van der Waals surface area contributed by atoms with Crippen LogP contribution in [0.25, 0.3) is 0 Å². The largest absolute Gasteiger partial charge is 0.341 e. The van der Waals surface area contributed by atoms with E-state index in [1.54, 1.807) is 0 Å². The molecule has 1 amide bonds. The van der Waals surface area contributed by atoms with Gasteiger partial charge in [-0.25, -0.2) is 0 Å². The van der Waals surface area contributed by atoms with Crippen LogP contribution in [0.1, 0.15) is 39.0 Å². The molecule has 2 saturated heterocycles. The highest BCUT2D eigenvalue weighted by Gasteiger charge is 2.29. The van der Waals surface area contributed by atoms with Crippen LogP contribution in [0, 0.1) is 0 Å². The Kier molecular flexibility index (Phi) is 4.40. The van der Waals surface area contributed by atoms with Crippen LogP contribution in [0.5, 0.6) is 0 Å². The molecule has 4 nitrogen and oxygen atoms in total. The Morgan fingerprint density at radius 3 is 2.53 bits per heavy atom. The summed E-state index contributed by atoms with van der Waals surface area (Å²) >= 11 is 0. The number of nitrogens with zero attached hydrogens (tertiary/aromatic N) is 2. The average molecular weight is 239 g/mol. The zero-order valence-corrected chi connectivity index (χ0v) is 10.9. The van der Waals surface area contributed by atoms with Gasteiger partial charge in [-0.2, -0.15) is 0 Å². The quantitative estimate of drug-likeness (QED) is 0.776. The Morgan fingerprint density at radius 1 is 1.18 bits per heavy atom. The minimum atomic E-state index is 0.0134. The maximum absolute atomic E-state index is 12.3. The van der Waals surface area contributed by atoms with Crippen molar-refractivity contribution in [3.05, 3.63) is 0 Å². The van der Waals surface area contributed by atoms with Gasteiger partial charge >= 0.3 is 0 Å². The van der Waals surface area contributed by atoms with Crippen LogP contribution in [0.15, 0.2) is 0 Å². The van der Waals surface area contributed by atoms with Crippen LogP contribution in [0.3, 0.4) is 0 Å². The number of carbonyl (C=O) groups is 1. The van der Waals surface area contributed by atoms with Crippen LogP contribution in [0.4, 0.5) is 0 Å². The van der Waals surface area contributed by atoms with Gasteiger partial charge in [0.05, 0.1) is 6.04 Å². The van der Waals surface area contributed by atoms with Gasteiger partial charge in [-0.1, -0.05) is 0 Å². The van der Waals surface area contributed by atoms with Gasteiger partial charge in [0, 0.05) is 25.7 Å². The molecule has 0 aromatic heterocycles. The molecule has 2 fully saturated rings. The summed E-state index contributed by atoms with van der Waals surface area (Å²) < 4.78 is 0. The minimum absolute atomic E-state index is 0.0134. The lowest BCUT2D eigenvalue weighted by Gasteiger charge is -2.38. The zero-order valence-electron chi connectivity index (χ0n) is 10.9. The first-order chi connectivity index (χ1) is 8.18. The lowest BCUT2D eigenvalue weighted by atomic mass is 10.0. The van der Waals surface area contributed by atoms with Crippen molar-refractivity contribution in [3.8, 4) is 0 Å². The second-order valence-electron chi connectivity index (χ2n) is 5.46. The highest BCUT2D eigenvalue weighted by atomic mass is 16.2. The van der Waals surface area contributed by atoms with Gasteiger partial charge in [-0.15, -0.1) is 0 Å². The molecule has 0 bridgehead atoms. The molecule has 17 heavy (non-hydrogen) atoms. The van der Waals surface area contributed by atoms with E-state index >= 15 is 0 Å². The van der Waals surface area contributed by atoms with Gasteiger partial charge in [-0.05, 0) is 45.6 Å². The van der Waals surface area contributed by atoms with Gasteiger partial charge in [-0.3, -0.25) is 9.69 Å². The summed E-state index contributed by atoms with van der Waals surface area (Å²) in [7, 11) is 0. The predicted molar refractivity (Wildman–Crippen MR) is 68.7 cm³/mol. The van der Waals surface area contributed by atoms with E-state index in [0.29, 0.717) is 5.91 Å². The summed E-state index contributed by atoms with van der Waals surface area (Å²) in [4.78, 5) is 16.6. The second kappa shape index (κ2) is 5.83. The molecule has 4 heteroatoms. The summed E-state index contributed by atoms with van der Waals surface area (Å²) in [5.74, 6) is 0.304. The molecule has 2 aliphatic rings. The van der Waals surface area contributed by atoms with Gasteiger partial charge < -0.3 is 10.6 Å². The van der Waals surface area contributed by atoms with Crippen LogP contribution < -0.4 is 5.73 Å². The summed E-state index contributed by atoms with van der Waals surface area (Å²) in [5.41, 5.74) is 5.97. The maximum Gasteiger partial charge on any atom is 0.239 e. The average Bonchev–Trinajstić information content (AvgIpc) is 2.38. The Bertz CT molecular complexity index is 263. The molecule has 0 spiro atoms. The fraction of sp³-hybridized carbons (Fsp3) is 0.923. The standard InChI is InChI=1S/C13H25N3O/c1-11(16-9-5-6-12(14)10-16)13(17)15-7-3-2-4-8-15/h11-12H,2-10,14H2,1H3. The molecule has 0 saturated carbocycles. The molecule has 2 heterocycles. The molecule has 98 valence electrons. The van der Waals surface area contributed by atoms with Crippen molar-refractivity contribution in [3.63, 3.8) is 0 Å². The number of piperidine rings is 2. The monoisotopic (exact) mass is 239 g/mol. The number of likely N-dealkylation sites (tertiary alicyclic amines) is 2. The van der Waals surface area contributed by atoms with E-state index in [1.807, 2.05) is 11.8 Å². The first-order valence-corrected chi connectivity index (χ1v) is 6.97. The molecular weight excluding hydrogens is 214 g/mol. The van der Waals surface area contributed by atoms with Crippen LogP contribution in [0.2, 0.25) is 0 Å². The van der Waals surface area contributed by atoms with Crippen molar-refractivity contribution in [2.24, 2.45) is 5.73 Å². The molecule has 0 aliphatic carbocycles. The zero-order chi connectivity index (χ0) is 12.3. The van der Waals surface area contributed by atoms with Gasteiger partial charge in [0.1, 0.15) is 0 Å². The van der Waals surface area contributed by atoms with Crippen LogP contribution >= 0.6 is 0 Å². The smallest absolute Gasteiger partial charge is 0.239 e. The highest BCUT2D eigenvalue weighted by molar-refractivity contribution is 5.81. The van der Waals surface area contributed by atoms with E-state index in [9.17, 15) is 4.79 Å². The summed E-state index contributed by atoms with van der Waals surface area (Å²) in [6.45, 7) is 5.83. The Labute approximate surface area is 104 Å². The lowest BCUT2D eigenvalue weighted by molar-refractivity contribution is -0.137.